The average Bonchev–Trinajstić information content (AvgIpc) is 2.03. The molecule has 0 aliphatic rings. The van der Waals surface area contributed by atoms with Crippen molar-refractivity contribution in [2.75, 3.05) is 6.54 Å². The van der Waals surface area contributed by atoms with Gasteiger partial charge in [-0.1, -0.05) is 19.1 Å². The lowest BCUT2D eigenvalue weighted by atomic mass is 10.1. The van der Waals surface area contributed by atoms with Gasteiger partial charge in [0.2, 0.25) is 0 Å². The van der Waals surface area contributed by atoms with Crippen LogP contribution in [0.15, 0.2) is 12.2 Å². The number of rotatable bonds is 5. The first kappa shape index (κ1) is 10.3. The second kappa shape index (κ2) is 7.37. The summed E-state index contributed by atoms with van der Waals surface area (Å²) >= 11 is 0. The highest BCUT2D eigenvalue weighted by molar-refractivity contribution is 4.90. The molecular weight excluding hydrogens is 134 g/mol. The highest BCUT2D eigenvalue weighted by Crippen LogP contribution is 1.94. The number of nitrogens with one attached hydrogen (secondary N) is 1. The summed E-state index contributed by atoms with van der Waals surface area (Å²) in [6.45, 7) is 5.09. The molecule has 0 aromatic heterocycles. The lowest BCUT2D eigenvalue weighted by Crippen LogP contribution is -2.27. The molecule has 0 aromatic carbocycles. The highest BCUT2D eigenvalue weighted by atomic mass is 14.9. The van der Waals surface area contributed by atoms with Gasteiger partial charge in [-0.2, -0.15) is 0 Å². The Balaban J connectivity index is 3.45. The number of terminal acetylenes is 1. The monoisotopic (exact) mass is 151 g/mol. The van der Waals surface area contributed by atoms with E-state index in [1.807, 2.05) is 13.0 Å². The van der Waals surface area contributed by atoms with Gasteiger partial charge in [0.1, 0.15) is 0 Å². The van der Waals surface area contributed by atoms with Crippen LogP contribution < -0.4 is 5.32 Å². The van der Waals surface area contributed by atoms with Crippen LogP contribution in [0.1, 0.15) is 26.7 Å². The van der Waals surface area contributed by atoms with E-state index in [1.54, 1.807) is 0 Å². The Kier molecular flexibility index (Phi) is 6.87. The third-order valence-electron chi connectivity index (χ3n) is 1.62. The van der Waals surface area contributed by atoms with Crippen molar-refractivity contribution < 1.29 is 0 Å². The van der Waals surface area contributed by atoms with E-state index >= 15 is 0 Å². The molecule has 1 heteroatoms. The first-order valence-electron chi connectivity index (χ1n) is 4.13. The predicted molar refractivity (Wildman–Crippen MR) is 50.3 cm³/mol. The molecule has 0 saturated heterocycles. The van der Waals surface area contributed by atoms with Crippen molar-refractivity contribution in [2.24, 2.45) is 0 Å². The third kappa shape index (κ3) is 5.69. The van der Waals surface area contributed by atoms with Crippen LogP contribution in [0, 0.1) is 12.3 Å². The molecule has 0 aliphatic heterocycles. The van der Waals surface area contributed by atoms with Crippen LogP contribution in [0.4, 0.5) is 0 Å². The average molecular weight is 151 g/mol. The summed E-state index contributed by atoms with van der Waals surface area (Å²) < 4.78 is 0. The molecule has 0 aliphatic carbocycles. The molecule has 0 amide bonds. The van der Waals surface area contributed by atoms with Crippen LogP contribution in [-0.2, 0) is 0 Å². The summed E-state index contributed by atoms with van der Waals surface area (Å²) in [5.74, 6) is 2.66. The Labute approximate surface area is 69.9 Å². The molecule has 0 fully saturated rings. The summed E-state index contributed by atoms with van der Waals surface area (Å²) in [5, 5.41) is 3.34. The van der Waals surface area contributed by atoms with Crippen LogP contribution in [-0.4, -0.2) is 12.6 Å². The Morgan fingerprint density at radius 1 is 1.64 bits per heavy atom. The molecule has 62 valence electrons. The minimum absolute atomic E-state index is 0.483. The standard InChI is InChI=1S/C10H17N/c1-4-7-9-11-10(6-3)8-5-2/h2,4,7,10-11H,6,8-9H2,1,3H3/b7-4+. The fourth-order valence-corrected chi connectivity index (χ4v) is 0.856. The van der Waals surface area contributed by atoms with E-state index in [4.69, 9.17) is 6.42 Å². The van der Waals surface area contributed by atoms with Gasteiger partial charge in [-0.05, 0) is 13.3 Å². The molecule has 11 heavy (non-hydrogen) atoms. The van der Waals surface area contributed by atoms with Crippen molar-refractivity contribution in [3.63, 3.8) is 0 Å². The largest absolute Gasteiger partial charge is 0.310 e. The molecule has 0 heterocycles. The van der Waals surface area contributed by atoms with E-state index in [9.17, 15) is 0 Å². The van der Waals surface area contributed by atoms with Crippen LogP contribution in [0.5, 0.6) is 0 Å². The van der Waals surface area contributed by atoms with Gasteiger partial charge in [0, 0.05) is 19.0 Å². The molecule has 1 nitrogen and oxygen atoms in total. The molecule has 0 aromatic rings. The fourth-order valence-electron chi connectivity index (χ4n) is 0.856. The molecule has 0 rings (SSSR count). The second-order valence-corrected chi connectivity index (χ2v) is 2.49. The second-order valence-electron chi connectivity index (χ2n) is 2.49. The minimum Gasteiger partial charge on any atom is -0.310 e. The molecule has 1 atom stereocenters. The van der Waals surface area contributed by atoms with Gasteiger partial charge in [-0.15, -0.1) is 12.3 Å². The molecule has 0 radical (unpaired) electrons. The first-order valence-corrected chi connectivity index (χ1v) is 4.13. The number of allylic oxidation sites excluding steroid dienone is 1. The smallest absolute Gasteiger partial charge is 0.0240 e. The normalized spacial score (nSPS) is 13.2. The van der Waals surface area contributed by atoms with E-state index < -0.39 is 0 Å². The van der Waals surface area contributed by atoms with Gasteiger partial charge in [0.05, 0.1) is 0 Å². The van der Waals surface area contributed by atoms with Crippen molar-refractivity contribution >= 4 is 0 Å². The van der Waals surface area contributed by atoms with Crippen molar-refractivity contribution in [3.8, 4) is 12.3 Å². The third-order valence-corrected chi connectivity index (χ3v) is 1.62. The van der Waals surface area contributed by atoms with Gasteiger partial charge >= 0.3 is 0 Å². The molecule has 1 N–H and O–H groups in total. The number of hydrogen-bond acceptors (Lipinski definition) is 1. The minimum atomic E-state index is 0.483. The molecule has 0 spiro atoms. The predicted octanol–water partition coefficient (Wildman–Crippen LogP) is 1.95. The van der Waals surface area contributed by atoms with Gasteiger partial charge in [0.15, 0.2) is 0 Å². The van der Waals surface area contributed by atoms with Crippen LogP contribution in [0.2, 0.25) is 0 Å². The van der Waals surface area contributed by atoms with E-state index in [-0.39, 0.29) is 0 Å². The van der Waals surface area contributed by atoms with Gasteiger partial charge in [-0.3, -0.25) is 0 Å². The Morgan fingerprint density at radius 3 is 2.82 bits per heavy atom. The maximum absolute atomic E-state index is 5.20. The van der Waals surface area contributed by atoms with Crippen LogP contribution in [0.3, 0.4) is 0 Å². The van der Waals surface area contributed by atoms with Crippen molar-refractivity contribution in [1.82, 2.24) is 5.32 Å². The molecule has 1 unspecified atom stereocenters. The molecule has 0 bridgehead atoms. The SMILES string of the molecule is C#CCC(CC)NC/C=C/C. The van der Waals surface area contributed by atoms with Gasteiger partial charge in [0.25, 0.3) is 0 Å². The summed E-state index contributed by atoms with van der Waals surface area (Å²) in [5.41, 5.74) is 0. The molecule has 0 saturated carbocycles. The van der Waals surface area contributed by atoms with E-state index in [1.165, 1.54) is 0 Å². The van der Waals surface area contributed by atoms with Crippen molar-refractivity contribution in [3.05, 3.63) is 12.2 Å². The first-order chi connectivity index (χ1) is 5.35. The summed E-state index contributed by atoms with van der Waals surface area (Å²) in [7, 11) is 0. The Morgan fingerprint density at radius 2 is 2.36 bits per heavy atom. The van der Waals surface area contributed by atoms with Gasteiger partial charge < -0.3 is 5.32 Å². The Bertz CT molecular complexity index is 141. The zero-order chi connectivity index (χ0) is 8.53. The zero-order valence-electron chi connectivity index (χ0n) is 7.43. The Hall–Kier alpha value is -0.740. The maximum atomic E-state index is 5.20. The number of hydrogen-bond donors (Lipinski definition) is 1. The van der Waals surface area contributed by atoms with Crippen LogP contribution >= 0.6 is 0 Å². The summed E-state index contributed by atoms with van der Waals surface area (Å²) in [6.07, 6.45) is 11.3. The van der Waals surface area contributed by atoms with Gasteiger partial charge in [-0.25, -0.2) is 0 Å². The van der Waals surface area contributed by atoms with Crippen LogP contribution in [0.25, 0.3) is 0 Å². The lowest BCUT2D eigenvalue weighted by molar-refractivity contribution is 0.536. The fraction of sp³-hybridized carbons (Fsp3) is 0.600. The highest BCUT2D eigenvalue weighted by Gasteiger charge is 1.99. The molecular formula is C10H17N. The van der Waals surface area contributed by atoms with E-state index in [0.717, 1.165) is 19.4 Å². The quantitative estimate of drug-likeness (QED) is 0.468. The van der Waals surface area contributed by atoms with E-state index in [2.05, 4.69) is 24.2 Å². The van der Waals surface area contributed by atoms with Crippen molar-refractivity contribution in [1.29, 1.82) is 0 Å². The van der Waals surface area contributed by atoms with Crippen molar-refractivity contribution in [2.45, 2.75) is 32.7 Å². The summed E-state index contributed by atoms with van der Waals surface area (Å²) in [4.78, 5) is 0. The maximum Gasteiger partial charge on any atom is 0.0240 e. The zero-order valence-corrected chi connectivity index (χ0v) is 7.43. The summed E-state index contributed by atoms with van der Waals surface area (Å²) in [6, 6.07) is 0.483. The van der Waals surface area contributed by atoms with E-state index in [0.29, 0.717) is 6.04 Å². The topological polar surface area (TPSA) is 12.0 Å². The lowest BCUT2D eigenvalue weighted by Gasteiger charge is -2.11.